The van der Waals surface area contributed by atoms with Gasteiger partial charge < -0.3 is 15.0 Å². The topological polar surface area (TPSA) is 67.3 Å². The van der Waals surface area contributed by atoms with Gasteiger partial charge in [-0.25, -0.2) is 4.98 Å². The number of thiophene rings is 1. The zero-order valence-corrected chi connectivity index (χ0v) is 12.8. The van der Waals surface area contributed by atoms with Crippen LogP contribution in [0.1, 0.15) is 0 Å². The number of halogens is 1. The van der Waals surface area contributed by atoms with E-state index in [-0.39, 0.29) is 17.7 Å². The van der Waals surface area contributed by atoms with Crippen molar-refractivity contribution < 1.29 is 9.53 Å². The van der Waals surface area contributed by atoms with E-state index in [1.54, 1.807) is 19.1 Å². The molecule has 2 heterocycles. The Labute approximate surface area is 125 Å². The number of methoxy groups -OCH3 is 1. The second-order valence-electron chi connectivity index (χ2n) is 4.15. The maximum absolute atomic E-state index is 11.8. The highest BCUT2D eigenvalue weighted by molar-refractivity contribution is 7.16. The summed E-state index contributed by atoms with van der Waals surface area (Å²) >= 11 is 7.39. The van der Waals surface area contributed by atoms with Crippen molar-refractivity contribution in [3.63, 3.8) is 0 Å². The second-order valence-corrected chi connectivity index (χ2v) is 5.39. The molecule has 0 spiro atoms. The fraction of sp³-hybridized carbons (Fsp3) is 0.417. The number of anilines is 1. The van der Waals surface area contributed by atoms with Crippen LogP contribution in [0, 0.1) is 0 Å². The summed E-state index contributed by atoms with van der Waals surface area (Å²) in [5, 5.41) is 5.76. The number of hydrogen-bond donors (Lipinski definition) is 1. The van der Waals surface area contributed by atoms with E-state index in [1.807, 2.05) is 11.4 Å². The lowest BCUT2D eigenvalue weighted by Gasteiger charge is -2.18. The Kier molecular flexibility index (Phi) is 5.11. The van der Waals surface area contributed by atoms with Crippen LogP contribution in [-0.4, -0.2) is 49.7 Å². The van der Waals surface area contributed by atoms with Crippen molar-refractivity contribution in [3.8, 4) is 0 Å². The van der Waals surface area contributed by atoms with Crippen LogP contribution in [0.3, 0.4) is 0 Å². The van der Waals surface area contributed by atoms with Crippen molar-refractivity contribution in [3.05, 3.63) is 16.7 Å². The van der Waals surface area contributed by atoms with Gasteiger partial charge in [0.25, 0.3) is 0 Å². The van der Waals surface area contributed by atoms with Gasteiger partial charge in [-0.05, 0) is 23.0 Å². The first-order valence-electron chi connectivity index (χ1n) is 5.99. The van der Waals surface area contributed by atoms with E-state index in [0.29, 0.717) is 19.0 Å². The molecule has 0 bridgehead atoms. The molecule has 0 aliphatic heterocycles. The van der Waals surface area contributed by atoms with Crippen LogP contribution in [-0.2, 0) is 9.53 Å². The van der Waals surface area contributed by atoms with Crippen molar-refractivity contribution >= 4 is 44.9 Å². The van der Waals surface area contributed by atoms with Gasteiger partial charge in [-0.3, -0.25) is 4.79 Å². The molecule has 2 aromatic heterocycles. The minimum Gasteiger partial charge on any atom is -0.383 e. The number of nitrogens with zero attached hydrogens (tertiary/aromatic N) is 3. The van der Waals surface area contributed by atoms with Gasteiger partial charge in [-0.15, -0.1) is 11.3 Å². The summed E-state index contributed by atoms with van der Waals surface area (Å²) in [6.07, 6.45) is 0. The summed E-state index contributed by atoms with van der Waals surface area (Å²) in [7, 11) is 3.39. The molecule has 0 fully saturated rings. The number of carbonyl (C=O) groups is 1. The number of likely N-dealkylation sites (N-methyl/N-ethyl adjacent to an activating group) is 1. The minimum atomic E-state index is -0.0948. The van der Waals surface area contributed by atoms with E-state index >= 15 is 0 Å². The number of carbonyl (C=O) groups excluding carboxylic acids is 1. The molecule has 2 rings (SSSR count). The number of aromatic nitrogens is 2. The molecule has 0 saturated carbocycles. The normalized spacial score (nSPS) is 10.8. The first-order valence-corrected chi connectivity index (χ1v) is 7.25. The van der Waals surface area contributed by atoms with E-state index in [4.69, 9.17) is 16.3 Å². The highest BCUT2D eigenvalue weighted by Crippen LogP contribution is 2.28. The number of ether oxygens (including phenoxy) is 1. The van der Waals surface area contributed by atoms with Crippen LogP contribution in [0.4, 0.5) is 5.82 Å². The lowest BCUT2D eigenvalue weighted by Crippen LogP contribution is -2.37. The SMILES string of the molecule is COCCNC(=O)CN(C)c1nc(Cl)nc2sccc12. The summed E-state index contributed by atoms with van der Waals surface area (Å²) in [6, 6.07) is 1.92. The van der Waals surface area contributed by atoms with Crippen molar-refractivity contribution in [2.45, 2.75) is 0 Å². The highest BCUT2D eigenvalue weighted by Gasteiger charge is 2.14. The third kappa shape index (κ3) is 3.56. The maximum atomic E-state index is 11.8. The molecule has 1 N–H and O–H groups in total. The molecule has 1 amide bonds. The number of hydrogen-bond acceptors (Lipinski definition) is 6. The lowest BCUT2D eigenvalue weighted by molar-refractivity contribution is -0.119. The summed E-state index contributed by atoms with van der Waals surface area (Å²) in [4.78, 5) is 22.7. The monoisotopic (exact) mass is 314 g/mol. The van der Waals surface area contributed by atoms with E-state index in [9.17, 15) is 4.79 Å². The molecule has 0 radical (unpaired) electrons. The van der Waals surface area contributed by atoms with Gasteiger partial charge in [-0.1, -0.05) is 0 Å². The van der Waals surface area contributed by atoms with Gasteiger partial charge in [0.2, 0.25) is 11.2 Å². The smallest absolute Gasteiger partial charge is 0.239 e. The van der Waals surface area contributed by atoms with Gasteiger partial charge in [-0.2, -0.15) is 4.98 Å². The van der Waals surface area contributed by atoms with Crippen LogP contribution in [0.25, 0.3) is 10.2 Å². The van der Waals surface area contributed by atoms with Gasteiger partial charge in [0, 0.05) is 20.7 Å². The Morgan fingerprint density at radius 3 is 3.10 bits per heavy atom. The van der Waals surface area contributed by atoms with E-state index in [2.05, 4.69) is 15.3 Å². The largest absolute Gasteiger partial charge is 0.383 e. The summed E-state index contributed by atoms with van der Waals surface area (Å²) in [6.45, 7) is 1.17. The zero-order valence-electron chi connectivity index (χ0n) is 11.2. The molecule has 0 unspecified atom stereocenters. The van der Waals surface area contributed by atoms with Crippen molar-refractivity contribution in [1.82, 2.24) is 15.3 Å². The van der Waals surface area contributed by atoms with E-state index in [0.717, 1.165) is 10.2 Å². The van der Waals surface area contributed by atoms with Crippen LogP contribution >= 0.6 is 22.9 Å². The van der Waals surface area contributed by atoms with Crippen LogP contribution in [0.15, 0.2) is 11.4 Å². The molecule has 0 saturated heterocycles. The first kappa shape index (κ1) is 15.0. The third-order valence-corrected chi connectivity index (χ3v) is 3.62. The van der Waals surface area contributed by atoms with Gasteiger partial charge in [0.05, 0.1) is 18.5 Å². The average Bonchev–Trinajstić information content (AvgIpc) is 2.85. The average molecular weight is 315 g/mol. The molecular formula is C12H15ClN4O2S. The quantitative estimate of drug-likeness (QED) is 0.647. The first-order chi connectivity index (χ1) is 9.61. The molecular weight excluding hydrogens is 300 g/mol. The van der Waals surface area contributed by atoms with Crippen LogP contribution in [0.5, 0.6) is 0 Å². The van der Waals surface area contributed by atoms with E-state index in [1.165, 1.54) is 11.3 Å². The van der Waals surface area contributed by atoms with Gasteiger partial charge >= 0.3 is 0 Å². The highest BCUT2D eigenvalue weighted by atomic mass is 35.5. The molecule has 20 heavy (non-hydrogen) atoms. The van der Waals surface area contributed by atoms with Crippen LogP contribution in [0.2, 0.25) is 5.28 Å². The predicted octanol–water partition coefficient (Wildman–Crippen LogP) is 1.54. The summed E-state index contributed by atoms with van der Waals surface area (Å²) < 4.78 is 4.88. The molecule has 108 valence electrons. The third-order valence-electron chi connectivity index (χ3n) is 2.65. The number of rotatable bonds is 6. The molecule has 0 aliphatic carbocycles. The standard InChI is InChI=1S/C12H15ClN4O2S/c1-17(7-9(18)14-4-5-19-2)10-8-3-6-20-11(8)16-12(13)15-10/h3,6H,4-5,7H2,1-2H3,(H,14,18). The Morgan fingerprint density at radius 2 is 2.35 bits per heavy atom. The van der Waals surface area contributed by atoms with Crippen molar-refractivity contribution in [2.75, 3.05) is 38.8 Å². The van der Waals surface area contributed by atoms with Gasteiger partial charge in [0.1, 0.15) is 10.6 Å². The number of fused-ring (bicyclic) bond motifs is 1. The predicted molar refractivity (Wildman–Crippen MR) is 80.6 cm³/mol. The van der Waals surface area contributed by atoms with Crippen LogP contribution < -0.4 is 10.2 Å². The maximum Gasteiger partial charge on any atom is 0.239 e. The van der Waals surface area contributed by atoms with E-state index < -0.39 is 0 Å². The Balaban J connectivity index is 2.09. The Morgan fingerprint density at radius 1 is 1.55 bits per heavy atom. The van der Waals surface area contributed by atoms with Gasteiger partial charge in [0.15, 0.2) is 0 Å². The second kappa shape index (κ2) is 6.83. The molecule has 0 atom stereocenters. The fourth-order valence-electron chi connectivity index (χ4n) is 1.74. The number of nitrogens with one attached hydrogen (secondary N) is 1. The van der Waals surface area contributed by atoms with Crippen molar-refractivity contribution in [1.29, 1.82) is 0 Å². The summed E-state index contributed by atoms with van der Waals surface area (Å²) in [5.41, 5.74) is 0. The minimum absolute atomic E-state index is 0.0948. The number of amides is 1. The fourth-order valence-corrected chi connectivity index (χ4v) is 2.72. The Hall–Kier alpha value is -1.44. The molecule has 8 heteroatoms. The molecule has 6 nitrogen and oxygen atoms in total. The molecule has 0 aliphatic rings. The molecule has 0 aromatic carbocycles. The lowest BCUT2D eigenvalue weighted by atomic mass is 10.3. The zero-order chi connectivity index (χ0) is 14.5. The summed E-state index contributed by atoms with van der Waals surface area (Å²) in [5.74, 6) is 0.561. The molecule has 2 aromatic rings. The van der Waals surface area contributed by atoms with Crippen molar-refractivity contribution in [2.24, 2.45) is 0 Å². The Bertz CT molecular complexity index is 604.